The molecule has 0 bridgehead atoms. The highest BCUT2D eigenvalue weighted by molar-refractivity contribution is 6.35. The van der Waals surface area contributed by atoms with E-state index in [2.05, 4.69) is 0 Å². The summed E-state index contributed by atoms with van der Waals surface area (Å²) in [4.78, 5) is 10.6. The lowest BCUT2D eigenvalue weighted by molar-refractivity contribution is 0.109. The monoisotopic (exact) mass is 259 g/mol. The second-order valence-electron chi connectivity index (χ2n) is 4.04. The zero-order chi connectivity index (χ0) is 12.5. The van der Waals surface area contributed by atoms with Gasteiger partial charge in [-0.3, -0.25) is 4.79 Å². The minimum absolute atomic E-state index is 0.340. The summed E-state index contributed by atoms with van der Waals surface area (Å²) in [6.07, 6.45) is 2.57. The third-order valence-corrected chi connectivity index (χ3v) is 3.17. The van der Waals surface area contributed by atoms with Crippen molar-refractivity contribution >= 4 is 28.8 Å². The van der Waals surface area contributed by atoms with Crippen LogP contribution in [0.3, 0.4) is 0 Å². The van der Waals surface area contributed by atoms with E-state index in [0.29, 0.717) is 23.6 Å². The highest BCUT2D eigenvalue weighted by Gasteiger charge is 2.08. The van der Waals surface area contributed by atoms with E-state index in [4.69, 9.17) is 16.0 Å². The highest BCUT2D eigenvalue weighted by Crippen LogP contribution is 2.26. The second-order valence-corrected chi connectivity index (χ2v) is 4.45. The van der Waals surface area contributed by atoms with Gasteiger partial charge in [0.1, 0.15) is 5.76 Å². The van der Waals surface area contributed by atoms with E-state index >= 15 is 0 Å². The largest absolute Gasteiger partial charge is 0.456 e. The quantitative estimate of drug-likeness (QED) is 0.672. The zero-order valence-electron chi connectivity index (χ0n) is 9.47. The molecule has 90 valence electrons. The first-order chi connectivity index (χ1) is 8.78. The molecule has 2 heterocycles. The van der Waals surface area contributed by atoms with Crippen molar-refractivity contribution in [3.05, 3.63) is 59.1 Å². The number of nitrogens with zero attached hydrogens (tertiary/aromatic N) is 1. The van der Waals surface area contributed by atoms with E-state index in [1.165, 1.54) is 0 Å². The highest BCUT2D eigenvalue weighted by atomic mass is 35.5. The minimum Gasteiger partial charge on any atom is -0.456 e. The van der Waals surface area contributed by atoms with Gasteiger partial charge in [-0.25, -0.2) is 0 Å². The third kappa shape index (κ3) is 1.83. The first-order valence-corrected chi connectivity index (χ1v) is 5.93. The van der Waals surface area contributed by atoms with Crippen molar-refractivity contribution in [2.75, 3.05) is 0 Å². The summed E-state index contributed by atoms with van der Waals surface area (Å²) in [5.41, 5.74) is 1.05. The fourth-order valence-corrected chi connectivity index (χ4v) is 2.32. The van der Waals surface area contributed by atoms with Crippen LogP contribution in [0.1, 0.15) is 16.3 Å². The number of halogens is 1. The van der Waals surface area contributed by atoms with Gasteiger partial charge in [-0.15, -0.1) is 0 Å². The molecule has 0 amide bonds. The minimum atomic E-state index is 0.340. The molecule has 2 aromatic heterocycles. The fraction of sp³-hybridized carbons (Fsp3) is 0.0714. The van der Waals surface area contributed by atoms with Crippen LogP contribution in [0.2, 0.25) is 5.02 Å². The molecule has 3 nitrogen and oxygen atoms in total. The van der Waals surface area contributed by atoms with Crippen LogP contribution in [-0.4, -0.2) is 10.9 Å². The molecule has 1 aromatic carbocycles. The zero-order valence-corrected chi connectivity index (χ0v) is 10.2. The molecule has 0 aliphatic rings. The first kappa shape index (κ1) is 11.1. The summed E-state index contributed by atoms with van der Waals surface area (Å²) >= 11 is 6.17. The summed E-state index contributed by atoms with van der Waals surface area (Å²) < 4.78 is 7.37. The van der Waals surface area contributed by atoms with Gasteiger partial charge >= 0.3 is 0 Å². The van der Waals surface area contributed by atoms with E-state index in [1.54, 1.807) is 12.1 Å². The molecule has 0 fully saturated rings. The molecule has 4 heteroatoms. The third-order valence-electron chi connectivity index (χ3n) is 2.86. The van der Waals surface area contributed by atoms with E-state index < -0.39 is 0 Å². The van der Waals surface area contributed by atoms with Gasteiger partial charge in [-0.1, -0.05) is 29.8 Å². The Hall–Kier alpha value is -2.00. The smallest absolute Gasteiger partial charge is 0.185 e. The van der Waals surface area contributed by atoms with Crippen LogP contribution in [0, 0.1) is 0 Å². The number of hydrogen-bond donors (Lipinski definition) is 0. The molecule has 0 aliphatic carbocycles. The lowest BCUT2D eigenvalue weighted by atomic mass is 10.2. The second kappa shape index (κ2) is 4.35. The van der Waals surface area contributed by atoms with Crippen LogP contribution < -0.4 is 0 Å². The van der Waals surface area contributed by atoms with Gasteiger partial charge in [0, 0.05) is 17.1 Å². The topological polar surface area (TPSA) is 35.1 Å². The number of hydrogen-bond acceptors (Lipinski definition) is 2. The molecular formula is C14H10ClNO2. The molecule has 3 aromatic rings. The van der Waals surface area contributed by atoms with E-state index in [0.717, 1.165) is 16.7 Å². The van der Waals surface area contributed by atoms with Gasteiger partial charge in [-0.2, -0.15) is 0 Å². The summed E-state index contributed by atoms with van der Waals surface area (Å²) in [5.74, 6) is 1.07. The summed E-state index contributed by atoms with van der Waals surface area (Å²) in [5, 5.41) is 1.73. The average Bonchev–Trinajstić information content (AvgIpc) is 2.97. The number of carbonyl (C=O) groups excluding carboxylic acids is 1. The number of carbonyl (C=O) groups is 1. The van der Waals surface area contributed by atoms with Gasteiger partial charge in [0.25, 0.3) is 0 Å². The predicted octanol–water partition coefficient (Wildman–Crippen LogP) is 3.75. The number of aromatic nitrogens is 1. The normalized spacial score (nSPS) is 10.9. The van der Waals surface area contributed by atoms with Crippen LogP contribution in [0.4, 0.5) is 0 Å². The molecule has 3 rings (SSSR count). The van der Waals surface area contributed by atoms with Gasteiger partial charge in [0.2, 0.25) is 0 Å². The van der Waals surface area contributed by atoms with Gasteiger partial charge in [0.05, 0.1) is 11.6 Å². The maximum absolute atomic E-state index is 10.6. The Balaban J connectivity index is 2.02. The Labute approximate surface area is 109 Å². The molecular weight excluding hydrogens is 250 g/mol. The van der Waals surface area contributed by atoms with E-state index in [1.807, 2.05) is 35.0 Å². The molecule has 0 N–H and O–H groups in total. The van der Waals surface area contributed by atoms with Crippen LogP contribution >= 0.6 is 11.6 Å². The molecule has 0 saturated heterocycles. The van der Waals surface area contributed by atoms with Crippen molar-refractivity contribution in [3.8, 4) is 0 Å². The Morgan fingerprint density at radius 2 is 2.06 bits per heavy atom. The molecule has 0 radical (unpaired) electrons. The molecule has 18 heavy (non-hydrogen) atoms. The predicted molar refractivity (Wildman–Crippen MR) is 70.1 cm³/mol. The molecule has 0 aliphatic heterocycles. The van der Waals surface area contributed by atoms with Crippen molar-refractivity contribution in [3.63, 3.8) is 0 Å². The van der Waals surface area contributed by atoms with Gasteiger partial charge in [0.15, 0.2) is 12.0 Å². The maximum atomic E-state index is 10.6. The van der Waals surface area contributed by atoms with Crippen molar-refractivity contribution < 1.29 is 9.21 Å². The molecule has 0 saturated carbocycles. The standard InChI is InChI=1S/C14H10ClNO2/c15-13-8-16(14-4-2-1-3-12(13)14)7-10-5-6-11(9-17)18-10/h1-6,8-9H,7H2. The number of aldehydes is 1. The Bertz CT molecular complexity index is 711. The van der Waals surface area contributed by atoms with Crippen LogP contribution in [0.15, 0.2) is 47.0 Å². The van der Waals surface area contributed by atoms with Crippen molar-refractivity contribution in [2.45, 2.75) is 6.54 Å². The number of rotatable bonds is 3. The molecule has 0 atom stereocenters. The summed E-state index contributed by atoms with van der Waals surface area (Å²) in [6, 6.07) is 11.4. The van der Waals surface area contributed by atoms with Crippen molar-refractivity contribution in [1.82, 2.24) is 4.57 Å². The molecule has 0 spiro atoms. The van der Waals surface area contributed by atoms with E-state index in [9.17, 15) is 4.79 Å². The SMILES string of the molecule is O=Cc1ccc(Cn2cc(Cl)c3ccccc32)o1. The van der Waals surface area contributed by atoms with Crippen LogP contribution in [0.25, 0.3) is 10.9 Å². The van der Waals surface area contributed by atoms with Gasteiger partial charge in [-0.05, 0) is 18.2 Å². The van der Waals surface area contributed by atoms with Crippen molar-refractivity contribution in [2.24, 2.45) is 0 Å². The van der Waals surface area contributed by atoms with Crippen LogP contribution in [-0.2, 0) is 6.54 Å². The average molecular weight is 260 g/mol. The van der Waals surface area contributed by atoms with E-state index in [-0.39, 0.29) is 0 Å². The lowest BCUT2D eigenvalue weighted by Crippen LogP contribution is -1.95. The summed E-state index contributed by atoms with van der Waals surface area (Å²) in [6.45, 7) is 0.557. The first-order valence-electron chi connectivity index (χ1n) is 5.55. The number of fused-ring (bicyclic) bond motifs is 1. The lowest BCUT2D eigenvalue weighted by Gasteiger charge is -2.01. The fourth-order valence-electron chi connectivity index (χ4n) is 2.04. The number of benzene rings is 1. The molecule has 0 unspecified atom stereocenters. The summed E-state index contributed by atoms with van der Waals surface area (Å²) in [7, 11) is 0. The Morgan fingerprint density at radius 1 is 1.22 bits per heavy atom. The number of furan rings is 1. The Morgan fingerprint density at radius 3 is 2.83 bits per heavy atom. The van der Waals surface area contributed by atoms with Crippen molar-refractivity contribution in [1.29, 1.82) is 0 Å². The Kier molecular flexibility index (Phi) is 2.68. The van der Waals surface area contributed by atoms with Gasteiger partial charge < -0.3 is 8.98 Å². The van der Waals surface area contributed by atoms with Crippen LogP contribution in [0.5, 0.6) is 0 Å². The number of para-hydroxylation sites is 1. The maximum Gasteiger partial charge on any atom is 0.185 e.